The van der Waals surface area contributed by atoms with E-state index >= 15 is 0 Å². The molecule has 0 saturated carbocycles. The highest BCUT2D eigenvalue weighted by Gasteiger charge is 2.25. The van der Waals surface area contributed by atoms with Crippen LogP contribution in [0.25, 0.3) is 0 Å². The molecule has 28 heavy (non-hydrogen) atoms. The highest BCUT2D eigenvalue weighted by atomic mass is 16.6. The number of ether oxygens (including phenoxy) is 1. The third-order valence-electron chi connectivity index (χ3n) is 4.47. The molecular weight excluding hydrogens is 360 g/mol. The molecule has 1 N–H and O–H groups in total. The van der Waals surface area contributed by atoms with Gasteiger partial charge in [-0.3, -0.25) is 14.9 Å². The number of rotatable bonds is 5. The number of amides is 1. The van der Waals surface area contributed by atoms with E-state index in [1.807, 2.05) is 30.3 Å². The number of nitro groups is 1. The quantitative estimate of drug-likeness (QED) is 0.370. The van der Waals surface area contributed by atoms with E-state index in [0.717, 1.165) is 24.1 Å². The lowest BCUT2D eigenvalue weighted by Crippen LogP contribution is -2.36. The molecule has 3 rings (SSSR count). The Morgan fingerprint density at radius 1 is 1.36 bits per heavy atom. The highest BCUT2D eigenvalue weighted by Crippen LogP contribution is 2.30. The van der Waals surface area contributed by atoms with Crippen molar-refractivity contribution in [3.05, 3.63) is 69.9 Å². The average molecular weight is 378 g/mol. The molecule has 0 spiro atoms. The second kappa shape index (κ2) is 8.22. The Bertz CT molecular complexity index is 994. The second-order valence-corrected chi connectivity index (χ2v) is 6.14. The fourth-order valence-electron chi connectivity index (χ4n) is 3.09. The number of nitro benzene ring substituents is 1. The van der Waals surface area contributed by atoms with Crippen LogP contribution in [0.3, 0.4) is 0 Å². The van der Waals surface area contributed by atoms with Crippen LogP contribution in [0.5, 0.6) is 5.75 Å². The van der Waals surface area contributed by atoms with Crippen LogP contribution in [0.2, 0.25) is 0 Å². The summed E-state index contributed by atoms with van der Waals surface area (Å²) in [4.78, 5) is 24.8. The Hall–Kier alpha value is -3.86. The maximum Gasteiger partial charge on any atom is 0.273 e. The molecule has 1 aliphatic heterocycles. The Balaban J connectivity index is 1.85. The number of carbonyl (C=O) groups is 1. The number of nitriles is 1. The van der Waals surface area contributed by atoms with Gasteiger partial charge < -0.3 is 15.0 Å². The number of nitrogens with zero attached hydrogens (tertiary/aromatic N) is 3. The summed E-state index contributed by atoms with van der Waals surface area (Å²) < 4.78 is 5.15. The van der Waals surface area contributed by atoms with Gasteiger partial charge in [0.25, 0.3) is 11.6 Å². The number of methoxy groups -OCH3 is 1. The van der Waals surface area contributed by atoms with Crippen LogP contribution in [0, 0.1) is 21.4 Å². The zero-order chi connectivity index (χ0) is 20.1. The van der Waals surface area contributed by atoms with Gasteiger partial charge in [0.1, 0.15) is 17.4 Å². The number of fused-ring (bicyclic) bond motifs is 1. The van der Waals surface area contributed by atoms with E-state index in [9.17, 15) is 20.2 Å². The normalized spacial score (nSPS) is 13.3. The van der Waals surface area contributed by atoms with Crippen LogP contribution < -0.4 is 15.0 Å². The summed E-state index contributed by atoms with van der Waals surface area (Å²) in [7, 11) is 1.38. The minimum Gasteiger partial charge on any atom is -0.494 e. The van der Waals surface area contributed by atoms with Crippen molar-refractivity contribution in [1.82, 2.24) is 0 Å². The summed E-state index contributed by atoms with van der Waals surface area (Å²) in [5.41, 5.74) is 2.11. The molecule has 0 aliphatic carbocycles. The molecule has 1 aliphatic rings. The van der Waals surface area contributed by atoms with Crippen molar-refractivity contribution in [2.24, 2.45) is 0 Å². The largest absolute Gasteiger partial charge is 0.494 e. The average Bonchev–Trinajstić information content (AvgIpc) is 2.73. The molecule has 0 atom stereocenters. The predicted molar refractivity (Wildman–Crippen MR) is 104 cm³/mol. The fraction of sp³-hybridized carbons (Fsp3) is 0.200. The van der Waals surface area contributed by atoms with Gasteiger partial charge in [0.05, 0.1) is 23.8 Å². The van der Waals surface area contributed by atoms with Gasteiger partial charge in [-0.05, 0) is 30.5 Å². The summed E-state index contributed by atoms with van der Waals surface area (Å²) in [6.45, 7) is 0.537. The Morgan fingerprint density at radius 2 is 2.14 bits per heavy atom. The number of benzene rings is 2. The molecule has 8 heteroatoms. The Kier molecular flexibility index (Phi) is 5.56. The number of carbonyl (C=O) groups excluding carboxylic acids is 1. The number of aryl methyl sites for hydroxylation is 1. The lowest BCUT2D eigenvalue weighted by Gasteiger charge is -2.29. The zero-order valence-corrected chi connectivity index (χ0v) is 15.2. The smallest absolute Gasteiger partial charge is 0.273 e. The molecule has 0 bridgehead atoms. The maximum absolute atomic E-state index is 12.9. The molecule has 0 fully saturated rings. The first kappa shape index (κ1) is 18.9. The summed E-state index contributed by atoms with van der Waals surface area (Å²) >= 11 is 0. The molecule has 1 heterocycles. The number of para-hydroxylation sites is 1. The van der Waals surface area contributed by atoms with Gasteiger partial charge in [-0.25, -0.2) is 0 Å². The van der Waals surface area contributed by atoms with E-state index in [1.165, 1.54) is 31.5 Å². The number of nitrogens with one attached hydrogen (secondary N) is 1. The molecule has 0 unspecified atom stereocenters. The van der Waals surface area contributed by atoms with Crippen molar-refractivity contribution in [1.29, 1.82) is 5.26 Å². The molecule has 2 aromatic rings. The minimum atomic E-state index is -0.528. The van der Waals surface area contributed by atoms with E-state index < -0.39 is 10.8 Å². The Morgan fingerprint density at radius 3 is 2.86 bits per heavy atom. The third-order valence-corrected chi connectivity index (χ3v) is 4.47. The summed E-state index contributed by atoms with van der Waals surface area (Å²) in [6.07, 6.45) is 3.01. The molecule has 0 aromatic heterocycles. The second-order valence-electron chi connectivity index (χ2n) is 6.14. The Labute approximate surface area is 161 Å². The number of non-ortho nitro benzene ring substituents is 1. The molecule has 0 saturated heterocycles. The summed E-state index contributed by atoms with van der Waals surface area (Å²) in [6, 6.07) is 13.6. The first-order chi connectivity index (χ1) is 13.5. The molecule has 1 amide bonds. The maximum atomic E-state index is 12.9. The van der Waals surface area contributed by atoms with E-state index in [-0.39, 0.29) is 17.0 Å². The van der Waals surface area contributed by atoms with Gasteiger partial charge in [-0.15, -0.1) is 0 Å². The first-order valence-corrected chi connectivity index (χ1v) is 8.64. The lowest BCUT2D eigenvalue weighted by molar-refractivity contribution is -0.384. The van der Waals surface area contributed by atoms with Gasteiger partial charge in [-0.2, -0.15) is 5.26 Å². The SMILES string of the molecule is COc1cc([N+](=O)[O-])ccc1N/C=C(/C#N)C(=O)N1CCCc2ccccc21. The summed E-state index contributed by atoms with van der Waals surface area (Å²) in [5.74, 6) is -0.165. The van der Waals surface area contributed by atoms with E-state index in [4.69, 9.17) is 4.74 Å². The highest BCUT2D eigenvalue weighted by molar-refractivity contribution is 6.09. The number of anilines is 2. The van der Waals surface area contributed by atoms with Crippen molar-refractivity contribution in [2.75, 3.05) is 23.9 Å². The molecule has 2 aromatic carbocycles. The van der Waals surface area contributed by atoms with Gasteiger partial charge in [0.2, 0.25) is 0 Å². The van der Waals surface area contributed by atoms with Crippen LogP contribution >= 0.6 is 0 Å². The molecular formula is C20H18N4O4. The number of hydrogen-bond acceptors (Lipinski definition) is 6. The first-order valence-electron chi connectivity index (χ1n) is 8.64. The van der Waals surface area contributed by atoms with Gasteiger partial charge in [0, 0.05) is 24.5 Å². The topological polar surface area (TPSA) is 108 Å². The van der Waals surface area contributed by atoms with Crippen molar-refractivity contribution in [3.63, 3.8) is 0 Å². The zero-order valence-electron chi connectivity index (χ0n) is 15.2. The third kappa shape index (κ3) is 3.78. The van der Waals surface area contributed by atoms with Crippen molar-refractivity contribution in [2.45, 2.75) is 12.8 Å². The standard InChI is InChI=1S/C20H18N4O4/c1-28-19-11-16(24(26)27)8-9-17(19)22-13-15(12-21)20(25)23-10-4-6-14-5-2-3-7-18(14)23/h2-3,5,7-9,11,13,22H,4,6,10H2,1H3/b15-13-. The fourth-order valence-corrected chi connectivity index (χ4v) is 3.09. The van der Waals surface area contributed by atoms with Crippen LogP contribution in [-0.4, -0.2) is 24.5 Å². The van der Waals surface area contributed by atoms with Crippen LogP contribution in [0.4, 0.5) is 17.1 Å². The predicted octanol–water partition coefficient (Wildman–Crippen LogP) is 3.40. The molecule has 0 radical (unpaired) electrons. The van der Waals surface area contributed by atoms with Gasteiger partial charge >= 0.3 is 0 Å². The lowest BCUT2D eigenvalue weighted by atomic mass is 10.0. The van der Waals surface area contributed by atoms with E-state index in [2.05, 4.69) is 5.32 Å². The van der Waals surface area contributed by atoms with Crippen LogP contribution in [0.15, 0.2) is 54.2 Å². The van der Waals surface area contributed by atoms with Crippen LogP contribution in [-0.2, 0) is 11.2 Å². The van der Waals surface area contributed by atoms with Gasteiger partial charge in [0.15, 0.2) is 0 Å². The van der Waals surface area contributed by atoms with E-state index in [0.29, 0.717) is 12.2 Å². The van der Waals surface area contributed by atoms with Crippen molar-refractivity contribution in [3.8, 4) is 11.8 Å². The summed E-state index contributed by atoms with van der Waals surface area (Å²) in [5, 5.41) is 23.2. The molecule has 142 valence electrons. The monoisotopic (exact) mass is 378 g/mol. The van der Waals surface area contributed by atoms with E-state index in [1.54, 1.807) is 4.90 Å². The van der Waals surface area contributed by atoms with Crippen LogP contribution in [0.1, 0.15) is 12.0 Å². The van der Waals surface area contributed by atoms with Crippen molar-refractivity contribution < 1.29 is 14.5 Å². The number of hydrogen-bond donors (Lipinski definition) is 1. The molecule has 8 nitrogen and oxygen atoms in total. The minimum absolute atomic E-state index is 0.0721. The van der Waals surface area contributed by atoms with Crippen molar-refractivity contribution >= 4 is 23.0 Å². The van der Waals surface area contributed by atoms with Gasteiger partial charge in [-0.1, -0.05) is 18.2 Å².